The summed E-state index contributed by atoms with van der Waals surface area (Å²) in [7, 11) is 0. The van der Waals surface area contributed by atoms with Crippen LogP contribution in [0.25, 0.3) is 0 Å². The predicted molar refractivity (Wildman–Crippen MR) is 85.5 cm³/mol. The van der Waals surface area contributed by atoms with Crippen molar-refractivity contribution < 1.29 is 14.4 Å². The van der Waals surface area contributed by atoms with Crippen molar-refractivity contribution >= 4 is 17.8 Å². The molecule has 4 amide bonds. The second-order valence-corrected chi connectivity index (χ2v) is 7.74. The van der Waals surface area contributed by atoms with Crippen LogP contribution in [-0.2, 0) is 9.59 Å². The lowest BCUT2D eigenvalue weighted by Crippen LogP contribution is -2.49. The van der Waals surface area contributed by atoms with E-state index in [0.29, 0.717) is 11.8 Å². The van der Waals surface area contributed by atoms with Gasteiger partial charge in [-0.15, -0.1) is 0 Å². The summed E-state index contributed by atoms with van der Waals surface area (Å²) in [5, 5.41) is 5.80. The standard InChI is InChI=1S/C17H27N3O3/c1-10-5-4-6-13(11(10)2)18-14(21)9-20-15(22)17(3,12-7-8-12)19-16(20)23/h10-13H,4-9H2,1-3H3,(H,18,21)(H,19,23)/t10-,11+,13+,17+/m1/s1. The molecule has 1 heterocycles. The smallest absolute Gasteiger partial charge is 0.325 e. The lowest BCUT2D eigenvalue weighted by molar-refractivity contribution is -0.135. The Bertz CT molecular complexity index is 531. The van der Waals surface area contributed by atoms with Crippen LogP contribution in [0.15, 0.2) is 0 Å². The summed E-state index contributed by atoms with van der Waals surface area (Å²) in [6.07, 6.45) is 5.19. The number of nitrogens with one attached hydrogen (secondary N) is 2. The van der Waals surface area contributed by atoms with Crippen molar-refractivity contribution in [2.24, 2.45) is 17.8 Å². The highest BCUT2D eigenvalue weighted by molar-refractivity contribution is 6.09. The quantitative estimate of drug-likeness (QED) is 0.773. The molecule has 2 saturated carbocycles. The Morgan fingerprint density at radius 1 is 1.26 bits per heavy atom. The molecule has 0 radical (unpaired) electrons. The van der Waals surface area contributed by atoms with Gasteiger partial charge in [-0.05, 0) is 43.9 Å². The second-order valence-electron chi connectivity index (χ2n) is 7.74. The van der Waals surface area contributed by atoms with Crippen molar-refractivity contribution in [3.05, 3.63) is 0 Å². The summed E-state index contributed by atoms with van der Waals surface area (Å²) >= 11 is 0. The van der Waals surface area contributed by atoms with Crippen molar-refractivity contribution in [2.45, 2.75) is 64.5 Å². The molecule has 6 nitrogen and oxygen atoms in total. The zero-order valence-corrected chi connectivity index (χ0v) is 14.2. The normalized spacial score (nSPS) is 37.7. The van der Waals surface area contributed by atoms with Crippen LogP contribution >= 0.6 is 0 Å². The summed E-state index contributed by atoms with van der Waals surface area (Å²) in [4.78, 5) is 38.0. The molecule has 0 bridgehead atoms. The molecule has 6 heteroatoms. The third-order valence-electron chi connectivity index (χ3n) is 6.05. The molecule has 128 valence electrons. The van der Waals surface area contributed by atoms with Crippen LogP contribution in [0.3, 0.4) is 0 Å². The molecule has 2 N–H and O–H groups in total. The van der Waals surface area contributed by atoms with Crippen LogP contribution in [0.1, 0.15) is 52.9 Å². The van der Waals surface area contributed by atoms with Crippen LogP contribution in [0.2, 0.25) is 0 Å². The topological polar surface area (TPSA) is 78.5 Å². The Hall–Kier alpha value is -1.59. The van der Waals surface area contributed by atoms with E-state index in [4.69, 9.17) is 0 Å². The minimum atomic E-state index is -0.815. The van der Waals surface area contributed by atoms with Crippen LogP contribution in [0.4, 0.5) is 4.79 Å². The first kappa shape index (κ1) is 16.3. The number of carbonyl (C=O) groups is 3. The number of carbonyl (C=O) groups excluding carboxylic acids is 3. The zero-order valence-electron chi connectivity index (χ0n) is 14.2. The van der Waals surface area contributed by atoms with Gasteiger partial charge in [0, 0.05) is 6.04 Å². The molecule has 23 heavy (non-hydrogen) atoms. The molecule has 3 aliphatic rings. The molecule has 4 atom stereocenters. The molecule has 0 unspecified atom stereocenters. The highest BCUT2D eigenvalue weighted by Gasteiger charge is 2.56. The first-order chi connectivity index (χ1) is 10.8. The van der Waals surface area contributed by atoms with Gasteiger partial charge in [-0.25, -0.2) is 4.79 Å². The SMILES string of the molecule is C[C@H]1[C@H](C)CCC[C@@H]1NC(=O)CN1C(=O)N[C@@](C)(C2CC2)C1=O. The lowest BCUT2D eigenvalue weighted by atomic mass is 9.78. The molecular weight excluding hydrogens is 294 g/mol. The average Bonchev–Trinajstić information content (AvgIpc) is 3.30. The van der Waals surface area contributed by atoms with E-state index < -0.39 is 11.6 Å². The van der Waals surface area contributed by atoms with Gasteiger partial charge in [0.15, 0.2) is 0 Å². The third-order valence-corrected chi connectivity index (χ3v) is 6.05. The minimum absolute atomic E-state index is 0.141. The van der Waals surface area contributed by atoms with Crippen molar-refractivity contribution in [2.75, 3.05) is 6.54 Å². The Labute approximate surface area is 137 Å². The van der Waals surface area contributed by atoms with Gasteiger partial charge in [-0.2, -0.15) is 0 Å². The molecule has 0 aromatic carbocycles. The number of hydrogen-bond acceptors (Lipinski definition) is 3. The maximum Gasteiger partial charge on any atom is 0.325 e. The van der Waals surface area contributed by atoms with Gasteiger partial charge in [0.25, 0.3) is 5.91 Å². The molecule has 0 aromatic heterocycles. The van der Waals surface area contributed by atoms with Gasteiger partial charge < -0.3 is 10.6 Å². The van der Waals surface area contributed by atoms with E-state index in [2.05, 4.69) is 24.5 Å². The highest BCUT2D eigenvalue weighted by Crippen LogP contribution is 2.42. The van der Waals surface area contributed by atoms with E-state index in [-0.39, 0.29) is 30.3 Å². The first-order valence-electron chi connectivity index (χ1n) is 8.76. The van der Waals surface area contributed by atoms with Gasteiger partial charge in [-0.3, -0.25) is 14.5 Å². The fourth-order valence-corrected chi connectivity index (χ4v) is 3.98. The van der Waals surface area contributed by atoms with E-state index in [9.17, 15) is 14.4 Å². The predicted octanol–water partition coefficient (Wildman–Crippen LogP) is 1.65. The number of hydrogen-bond donors (Lipinski definition) is 2. The lowest BCUT2D eigenvalue weighted by Gasteiger charge is -2.34. The van der Waals surface area contributed by atoms with Gasteiger partial charge in [0.1, 0.15) is 12.1 Å². The van der Waals surface area contributed by atoms with Crippen LogP contribution in [-0.4, -0.2) is 40.9 Å². The fraction of sp³-hybridized carbons (Fsp3) is 0.824. The van der Waals surface area contributed by atoms with Gasteiger partial charge in [0.05, 0.1) is 0 Å². The first-order valence-corrected chi connectivity index (χ1v) is 8.76. The van der Waals surface area contributed by atoms with Crippen molar-refractivity contribution in [3.63, 3.8) is 0 Å². The molecule has 0 aromatic rings. The molecule has 2 aliphatic carbocycles. The summed E-state index contributed by atoms with van der Waals surface area (Å²) in [5.74, 6) is 0.729. The third kappa shape index (κ3) is 2.95. The number of urea groups is 1. The number of imide groups is 1. The molecule has 1 saturated heterocycles. The molecule has 1 aliphatic heterocycles. The average molecular weight is 321 g/mol. The maximum absolute atomic E-state index is 12.5. The summed E-state index contributed by atoms with van der Waals surface area (Å²) in [6.45, 7) is 5.96. The Kier molecular flexibility index (Phi) is 4.10. The van der Waals surface area contributed by atoms with Crippen LogP contribution in [0.5, 0.6) is 0 Å². The van der Waals surface area contributed by atoms with E-state index in [1.54, 1.807) is 6.92 Å². The molecule has 3 fully saturated rings. The van der Waals surface area contributed by atoms with Crippen molar-refractivity contribution in [1.82, 2.24) is 15.5 Å². The Morgan fingerprint density at radius 3 is 2.61 bits per heavy atom. The summed E-state index contributed by atoms with van der Waals surface area (Å²) in [5.41, 5.74) is -0.815. The van der Waals surface area contributed by atoms with E-state index >= 15 is 0 Å². The van der Waals surface area contributed by atoms with Gasteiger partial charge in [0.2, 0.25) is 5.91 Å². The van der Waals surface area contributed by atoms with E-state index in [1.165, 1.54) is 6.42 Å². The van der Waals surface area contributed by atoms with E-state index in [0.717, 1.165) is 30.6 Å². The Morgan fingerprint density at radius 2 is 1.96 bits per heavy atom. The number of rotatable bonds is 4. The molecular formula is C17H27N3O3. The maximum atomic E-state index is 12.5. The summed E-state index contributed by atoms with van der Waals surface area (Å²) < 4.78 is 0. The van der Waals surface area contributed by atoms with Crippen LogP contribution in [0, 0.1) is 17.8 Å². The molecule has 3 rings (SSSR count). The van der Waals surface area contributed by atoms with Crippen molar-refractivity contribution in [1.29, 1.82) is 0 Å². The largest absolute Gasteiger partial charge is 0.352 e. The number of amides is 4. The van der Waals surface area contributed by atoms with E-state index in [1.807, 2.05) is 0 Å². The monoisotopic (exact) mass is 321 g/mol. The Balaban J connectivity index is 1.59. The highest BCUT2D eigenvalue weighted by atomic mass is 16.2. The summed E-state index contributed by atoms with van der Waals surface area (Å²) in [6, 6.07) is -0.300. The fourth-order valence-electron chi connectivity index (χ4n) is 3.98. The minimum Gasteiger partial charge on any atom is -0.352 e. The van der Waals surface area contributed by atoms with Crippen molar-refractivity contribution in [3.8, 4) is 0 Å². The number of nitrogens with zero attached hydrogens (tertiary/aromatic N) is 1. The van der Waals surface area contributed by atoms with Gasteiger partial charge >= 0.3 is 6.03 Å². The zero-order chi connectivity index (χ0) is 16.8. The molecule has 0 spiro atoms. The second kappa shape index (κ2) is 5.80. The van der Waals surface area contributed by atoms with Crippen LogP contribution < -0.4 is 10.6 Å². The van der Waals surface area contributed by atoms with Gasteiger partial charge in [-0.1, -0.05) is 26.7 Å².